The minimum atomic E-state index is -0.325. The number of aromatic nitrogens is 2. The van der Waals surface area contributed by atoms with Gasteiger partial charge in [0.2, 0.25) is 0 Å². The second kappa shape index (κ2) is 7.96. The van der Waals surface area contributed by atoms with Gasteiger partial charge in [-0.15, -0.1) is 0 Å². The molecule has 7 nitrogen and oxygen atoms in total. The van der Waals surface area contributed by atoms with Crippen LogP contribution in [0.1, 0.15) is 23.2 Å². The molecular formula is C18H18N4O3. The summed E-state index contributed by atoms with van der Waals surface area (Å²) in [5, 5.41) is 5.84. The molecule has 0 spiro atoms. The monoisotopic (exact) mass is 338 g/mol. The van der Waals surface area contributed by atoms with Gasteiger partial charge in [0, 0.05) is 5.69 Å². The minimum absolute atomic E-state index is 0.234. The number of anilines is 2. The molecule has 3 aromatic rings. The van der Waals surface area contributed by atoms with Crippen molar-refractivity contribution < 1.29 is 13.9 Å². The molecule has 1 amide bonds. The van der Waals surface area contributed by atoms with Gasteiger partial charge in [-0.2, -0.15) is 0 Å². The topological polar surface area (TPSA) is 89.3 Å². The summed E-state index contributed by atoms with van der Waals surface area (Å²) in [7, 11) is 0. The van der Waals surface area contributed by atoms with E-state index < -0.39 is 0 Å². The first-order valence-electron chi connectivity index (χ1n) is 7.87. The fourth-order valence-corrected chi connectivity index (χ4v) is 2.12. The number of rotatable bonds is 7. The molecule has 0 unspecified atom stereocenters. The van der Waals surface area contributed by atoms with E-state index in [-0.39, 0.29) is 11.6 Å². The molecule has 2 aromatic heterocycles. The number of ether oxygens (including phenoxy) is 1. The van der Waals surface area contributed by atoms with Crippen molar-refractivity contribution in [3.63, 3.8) is 0 Å². The van der Waals surface area contributed by atoms with Gasteiger partial charge in [-0.25, -0.2) is 9.97 Å². The highest BCUT2D eigenvalue weighted by Crippen LogP contribution is 2.16. The van der Waals surface area contributed by atoms with Crippen LogP contribution in [0.25, 0.3) is 0 Å². The predicted octanol–water partition coefficient (Wildman–Crippen LogP) is 3.33. The van der Waals surface area contributed by atoms with Crippen LogP contribution in [-0.4, -0.2) is 22.5 Å². The molecule has 0 saturated heterocycles. The first-order valence-corrected chi connectivity index (χ1v) is 7.87. The molecule has 0 atom stereocenters. The Balaban J connectivity index is 1.56. The quantitative estimate of drug-likeness (QED) is 0.687. The molecule has 0 fully saturated rings. The van der Waals surface area contributed by atoms with Crippen LogP contribution >= 0.6 is 0 Å². The summed E-state index contributed by atoms with van der Waals surface area (Å²) < 4.78 is 10.6. The molecule has 0 aliphatic heterocycles. The molecule has 1 aromatic carbocycles. The van der Waals surface area contributed by atoms with Gasteiger partial charge in [0.15, 0.2) is 0 Å². The number of hydrogen-bond acceptors (Lipinski definition) is 6. The van der Waals surface area contributed by atoms with Gasteiger partial charge in [0.25, 0.3) is 5.91 Å². The Morgan fingerprint density at radius 3 is 2.64 bits per heavy atom. The Bertz CT molecular complexity index is 799. The summed E-state index contributed by atoms with van der Waals surface area (Å²) in [6, 6.07) is 10.8. The van der Waals surface area contributed by atoms with E-state index in [4.69, 9.17) is 9.15 Å². The fraction of sp³-hybridized carbons (Fsp3) is 0.167. The van der Waals surface area contributed by atoms with E-state index in [0.29, 0.717) is 24.7 Å². The number of carbonyl (C=O) groups is 1. The van der Waals surface area contributed by atoms with Crippen LogP contribution in [0.15, 0.2) is 59.5 Å². The summed E-state index contributed by atoms with van der Waals surface area (Å²) in [6.07, 6.45) is 4.54. The number of benzene rings is 1. The van der Waals surface area contributed by atoms with Crippen molar-refractivity contribution in [1.82, 2.24) is 9.97 Å². The summed E-state index contributed by atoms with van der Waals surface area (Å²) >= 11 is 0. The summed E-state index contributed by atoms with van der Waals surface area (Å²) in [5.41, 5.74) is 0.896. The van der Waals surface area contributed by atoms with Gasteiger partial charge in [0.1, 0.15) is 23.0 Å². The van der Waals surface area contributed by atoms with Gasteiger partial charge in [0.05, 0.1) is 31.8 Å². The van der Waals surface area contributed by atoms with Crippen LogP contribution in [0.2, 0.25) is 0 Å². The highest BCUT2D eigenvalue weighted by Gasteiger charge is 2.09. The fourth-order valence-electron chi connectivity index (χ4n) is 2.12. The van der Waals surface area contributed by atoms with Crippen molar-refractivity contribution in [2.75, 3.05) is 17.2 Å². The lowest BCUT2D eigenvalue weighted by Gasteiger charge is -2.07. The Labute approximate surface area is 145 Å². The van der Waals surface area contributed by atoms with Crippen molar-refractivity contribution in [2.24, 2.45) is 0 Å². The SMILES string of the molecule is CCOc1ccc(NC(=O)c2cnc(NCc3ccco3)cn2)cc1. The largest absolute Gasteiger partial charge is 0.494 e. The van der Waals surface area contributed by atoms with E-state index in [0.717, 1.165) is 11.5 Å². The second-order valence-corrected chi connectivity index (χ2v) is 5.13. The molecule has 3 rings (SSSR count). The zero-order valence-electron chi connectivity index (χ0n) is 13.7. The van der Waals surface area contributed by atoms with Crippen LogP contribution in [0.5, 0.6) is 5.75 Å². The number of nitrogens with one attached hydrogen (secondary N) is 2. The van der Waals surface area contributed by atoms with Crippen molar-refractivity contribution in [3.8, 4) is 5.75 Å². The van der Waals surface area contributed by atoms with Gasteiger partial charge in [-0.1, -0.05) is 0 Å². The molecule has 0 aliphatic rings. The maximum Gasteiger partial charge on any atom is 0.275 e. The number of carbonyl (C=O) groups excluding carboxylic acids is 1. The first kappa shape index (κ1) is 16.5. The van der Waals surface area contributed by atoms with E-state index in [2.05, 4.69) is 20.6 Å². The van der Waals surface area contributed by atoms with Crippen LogP contribution in [0, 0.1) is 0 Å². The maximum absolute atomic E-state index is 12.2. The first-order chi connectivity index (χ1) is 12.2. The van der Waals surface area contributed by atoms with Crippen molar-refractivity contribution in [3.05, 3.63) is 66.5 Å². The molecule has 0 bridgehead atoms. The Kier molecular flexibility index (Phi) is 5.26. The highest BCUT2D eigenvalue weighted by molar-refractivity contribution is 6.02. The third-order valence-corrected chi connectivity index (χ3v) is 3.33. The Morgan fingerprint density at radius 1 is 1.16 bits per heavy atom. The van der Waals surface area contributed by atoms with Crippen molar-refractivity contribution in [2.45, 2.75) is 13.5 Å². The smallest absolute Gasteiger partial charge is 0.275 e. The third kappa shape index (κ3) is 4.57. The molecule has 0 saturated carbocycles. The van der Waals surface area contributed by atoms with Crippen LogP contribution in [0.3, 0.4) is 0 Å². The minimum Gasteiger partial charge on any atom is -0.494 e. The summed E-state index contributed by atoms with van der Waals surface area (Å²) in [5.74, 6) is 1.79. The van der Waals surface area contributed by atoms with E-state index in [9.17, 15) is 4.79 Å². The number of amides is 1. The van der Waals surface area contributed by atoms with E-state index in [1.165, 1.54) is 12.4 Å². The van der Waals surface area contributed by atoms with Gasteiger partial charge >= 0.3 is 0 Å². The zero-order chi connectivity index (χ0) is 17.5. The molecular weight excluding hydrogens is 320 g/mol. The average Bonchev–Trinajstić information content (AvgIpc) is 3.16. The van der Waals surface area contributed by atoms with Crippen molar-refractivity contribution >= 4 is 17.4 Å². The maximum atomic E-state index is 12.2. The van der Waals surface area contributed by atoms with E-state index in [1.54, 1.807) is 30.5 Å². The molecule has 2 N–H and O–H groups in total. The van der Waals surface area contributed by atoms with E-state index >= 15 is 0 Å². The van der Waals surface area contributed by atoms with Crippen LogP contribution < -0.4 is 15.4 Å². The van der Waals surface area contributed by atoms with E-state index in [1.807, 2.05) is 19.1 Å². The summed E-state index contributed by atoms with van der Waals surface area (Å²) in [6.45, 7) is 3.02. The Morgan fingerprint density at radius 2 is 2.00 bits per heavy atom. The molecule has 2 heterocycles. The standard InChI is InChI=1S/C18H18N4O3/c1-2-24-14-7-5-13(6-8-14)22-18(23)16-11-21-17(12-19-16)20-10-15-4-3-9-25-15/h3-9,11-12H,2,10H2,1H3,(H,20,21)(H,22,23). The molecule has 7 heteroatoms. The lowest BCUT2D eigenvalue weighted by atomic mass is 10.3. The number of furan rings is 1. The lowest BCUT2D eigenvalue weighted by molar-refractivity contribution is 0.102. The normalized spacial score (nSPS) is 10.3. The Hall–Kier alpha value is -3.35. The van der Waals surface area contributed by atoms with Crippen molar-refractivity contribution in [1.29, 1.82) is 0 Å². The van der Waals surface area contributed by atoms with Gasteiger partial charge in [-0.3, -0.25) is 4.79 Å². The second-order valence-electron chi connectivity index (χ2n) is 5.13. The predicted molar refractivity (Wildman–Crippen MR) is 93.6 cm³/mol. The molecule has 128 valence electrons. The van der Waals surface area contributed by atoms with Crippen LogP contribution in [0.4, 0.5) is 11.5 Å². The third-order valence-electron chi connectivity index (χ3n) is 3.33. The van der Waals surface area contributed by atoms with Gasteiger partial charge in [-0.05, 0) is 43.3 Å². The average molecular weight is 338 g/mol. The molecule has 25 heavy (non-hydrogen) atoms. The lowest BCUT2D eigenvalue weighted by Crippen LogP contribution is -2.14. The molecule has 0 radical (unpaired) electrons. The van der Waals surface area contributed by atoms with Crippen LogP contribution in [-0.2, 0) is 6.54 Å². The highest BCUT2D eigenvalue weighted by atomic mass is 16.5. The number of nitrogens with zero attached hydrogens (tertiary/aromatic N) is 2. The van der Waals surface area contributed by atoms with Gasteiger partial charge < -0.3 is 19.8 Å². The number of hydrogen-bond donors (Lipinski definition) is 2. The molecule has 0 aliphatic carbocycles. The zero-order valence-corrected chi connectivity index (χ0v) is 13.7. The summed E-state index contributed by atoms with van der Waals surface area (Å²) in [4.78, 5) is 20.5.